The van der Waals surface area contributed by atoms with Gasteiger partial charge in [0.05, 0.1) is 28.9 Å². The normalized spacial score (nSPS) is 11.7. The van der Waals surface area contributed by atoms with E-state index >= 15 is 0 Å². The van der Waals surface area contributed by atoms with Crippen LogP contribution < -0.4 is 15.7 Å². The maximum Gasteiger partial charge on any atom is 0.240 e. The molecule has 7 heteroatoms. The molecule has 0 aliphatic rings. The van der Waals surface area contributed by atoms with Gasteiger partial charge in [0.2, 0.25) is 14.9 Å². The predicted octanol–water partition coefficient (Wildman–Crippen LogP) is 6.16. The number of carbonyl (C=O) groups is 1. The molecule has 1 heterocycles. The van der Waals surface area contributed by atoms with E-state index in [0.29, 0.717) is 29.6 Å². The van der Waals surface area contributed by atoms with Gasteiger partial charge in [-0.2, -0.15) is 0 Å². The van der Waals surface area contributed by atoms with Gasteiger partial charge >= 0.3 is 0 Å². The summed E-state index contributed by atoms with van der Waals surface area (Å²) in [5, 5.41) is 6.61. The monoisotopic (exact) mass is 564 g/mol. The predicted molar refractivity (Wildman–Crippen MR) is 161 cm³/mol. The topological polar surface area (TPSA) is 43.3 Å². The molecule has 198 valence electrons. The Bertz CT molecular complexity index is 1340. The highest BCUT2D eigenvalue weighted by Gasteiger charge is 2.27. The van der Waals surface area contributed by atoms with E-state index in [2.05, 4.69) is 74.6 Å². The fourth-order valence-electron chi connectivity index (χ4n) is 4.54. The summed E-state index contributed by atoms with van der Waals surface area (Å²) in [7, 11) is -1.97. The Morgan fingerprint density at radius 1 is 0.921 bits per heavy atom. The van der Waals surface area contributed by atoms with E-state index in [-0.39, 0.29) is 11.3 Å². The molecule has 0 saturated heterocycles. The molecule has 0 radical (unpaired) electrons. The largest absolute Gasteiger partial charge is 0.407 e. The van der Waals surface area contributed by atoms with Gasteiger partial charge in [-0.25, -0.2) is 0 Å². The van der Waals surface area contributed by atoms with Crippen LogP contribution in [0.2, 0.25) is 10.0 Å². The fraction of sp³-hybridized carbons (Fsp3) is 0.258. The summed E-state index contributed by atoms with van der Waals surface area (Å²) in [6.07, 6.45) is 2.40. The molecular formula is C31H34Cl2N2O2Si. The van der Waals surface area contributed by atoms with E-state index in [4.69, 9.17) is 27.6 Å². The third kappa shape index (κ3) is 6.41. The van der Waals surface area contributed by atoms with Gasteiger partial charge in [0.15, 0.2) is 0 Å². The first kappa shape index (κ1) is 28.2. The maximum atomic E-state index is 11.9. The minimum absolute atomic E-state index is 0.00208. The summed E-state index contributed by atoms with van der Waals surface area (Å²) in [4.78, 5) is 11.9. The van der Waals surface area contributed by atoms with E-state index in [1.807, 2.05) is 48.0 Å². The molecule has 0 unspecified atom stereocenters. The number of hydrogen-bond acceptors (Lipinski definition) is 2. The van der Waals surface area contributed by atoms with Crippen LogP contribution in [0.1, 0.15) is 50.9 Å². The molecule has 38 heavy (non-hydrogen) atoms. The molecule has 3 aromatic carbocycles. The third-order valence-corrected chi connectivity index (χ3v) is 9.79. The summed E-state index contributed by atoms with van der Waals surface area (Å²) in [5.74, 6) is 0.00208. The Labute approximate surface area is 237 Å². The third-order valence-electron chi connectivity index (χ3n) is 6.50. The van der Waals surface area contributed by atoms with Crippen molar-refractivity contribution in [2.24, 2.45) is 0 Å². The smallest absolute Gasteiger partial charge is 0.240 e. The van der Waals surface area contributed by atoms with Crippen LogP contribution >= 0.6 is 23.2 Å². The minimum Gasteiger partial charge on any atom is -0.407 e. The molecule has 1 amide bonds. The van der Waals surface area contributed by atoms with Crippen molar-refractivity contribution in [1.29, 1.82) is 0 Å². The lowest BCUT2D eigenvalue weighted by Gasteiger charge is -2.27. The summed E-state index contributed by atoms with van der Waals surface area (Å²) >= 11 is 14.1. The van der Waals surface area contributed by atoms with Gasteiger partial charge in [-0.05, 0) is 45.1 Å². The molecule has 0 spiro atoms. The van der Waals surface area contributed by atoms with Crippen LogP contribution in [-0.2, 0) is 27.8 Å². The molecule has 0 aliphatic heterocycles. The van der Waals surface area contributed by atoms with Gasteiger partial charge in [-0.3, -0.25) is 4.79 Å². The summed E-state index contributed by atoms with van der Waals surface area (Å²) in [5.41, 5.74) is 3.23. The highest BCUT2D eigenvalue weighted by Crippen LogP contribution is 2.41. The van der Waals surface area contributed by atoms with Gasteiger partial charge in [-0.1, -0.05) is 112 Å². The van der Waals surface area contributed by atoms with E-state index in [1.54, 1.807) is 0 Å². The highest BCUT2D eigenvalue weighted by atomic mass is 35.5. The van der Waals surface area contributed by atoms with Gasteiger partial charge in [-0.15, -0.1) is 0 Å². The standard InChI is InChI=1S/C31H34Cl2N2O2Si/c1-5-27(36)34-20-23-13-12-18-35(23)26-19-22(29(32)28(30(26)33)31(2,3)4)21-37-38(24-14-8-6-9-15-24)25-16-10-7-11-17-25/h6-19,38H,5,20-21H2,1-4H3,(H,34,36). The SMILES string of the molecule is CCC(=O)NCc1cccn1-c1cc(CO[SiH](c2ccccc2)c2ccccc2)c(Cl)c(C(C)(C)C)c1Cl. The first-order chi connectivity index (χ1) is 18.2. The highest BCUT2D eigenvalue weighted by molar-refractivity contribution is 6.80. The van der Waals surface area contributed by atoms with E-state index in [1.165, 1.54) is 10.4 Å². The van der Waals surface area contributed by atoms with Crippen LogP contribution in [-0.4, -0.2) is 19.5 Å². The number of halogens is 2. The molecule has 0 fully saturated rings. The van der Waals surface area contributed by atoms with Gasteiger partial charge in [0, 0.05) is 18.3 Å². The van der Waals surface area contributed by atoms with E-state index in [0.717, 1.165) is 22.5 Å². The number of rotatable bonds is 9. The van der Waals surface area contributed by atoms with Crippen molar-refractivity contribution in [3.8, 4) is 5.69 Å². The summed E-state index contributed by atoms with van der Waals surface area (Å²) < 4.78 is 8.75. The Hall–Kier alpha value is -2.83. The number of nitrogens with one attached hydrogen (secondary N) is 1. The lowest BCUT2D eigenvalue weighted by molar-refractivity contribution is -0.120. The number of carbonyl (C=O) groups excluding carboxylic acids is 1. The molecule has 1 N–H and O–H groups in total. The van der Waals surface area contributed by atoms with Crippen LogP contribution in [0.25, 0.3) is 5.69 Å². The molecule has 4 nitrogen and oxygen atoms in total. The van der Waals surface area contributed by atoms with Crippen molar-refractivity contribution in [3.05, 3.63) is 112 Å². The van der Waals surface area contributed by atoms with Crippen LogP contribution in [0.15, 0.2) is 85.1 Å². The molecule has 0 atom stereocenters. The number of benzene rings is 3. The molecular weight excluding hydrogens is 531 g/mol. The molecule has 4 rings (SSSR count). The first-order valence-electron chi connectivity index (χ1n) is 12.9. The second kappa shape index (κ2) is 12.3. The second-order valence-corrected chi connectivity index (χ2v) is 13.5. The Morgan fingerprint density at radius 3 is 2.08 bits per heavy atom. The number of amides is 1. The van der Waals surface area contributed by atoms with Crippen molar-refractivity contribution in [2.45, 2.75) is 52.7 Å². The van der Waals surface area contributed by atoms with E-state index < -0.39 is 9.04 Å². The first-order valence-corrected chi connectivity index (χ1v) is 15.2. The molecule has 4 aromatic rings. The number of hydrogen-bond donors (Lipinski definition) is 1. The quantitative estimate of drug-likeness (QED) is 0.247. The van der Waals surface area contributed by atoms with Crippen LogP contribution in [0.5, 0.6) is 0 Å². The van der Waals surface area contributed by atoms with Crippen molar-refractivity contribution in [3.63, 3.8) is 0 Å². The lowest BCUT2D eigenvalue weighted by Crippen LogP contribution is -2.44. The van der Waals surface area contributed by atoms with Crippen molar-refractivity contribution < 1.29 is 9.22 Å². The Balaban J connectivity index is 1.75. The molecule has 0 saturated carbocycles. The van der Waals surface area contributed by atoms with E-state index in [9.17, 15) is 4.79 Å². The number of nitrogens with zero attached hydrogens (tertiary/aromatic N) is 1. The van der Waals surface area contributed by atoms with Crippen LogP contribution in [0.4, 0.5) is 0 Å². The van der Waals surface area contributed by atoms with Crippen molar-refractivity contribution >= 4 is 48.5 Å². The van der Waals surface area contributed by atoms with Crippen LogP contribution in [0, 0.1) is 0 Å². The summed E-state index contributed by atoms with van der Waals surface area (Å²) in [6.45, 7) is 8.93. The Kier molecular flexibility index (Phi) is 9.16. The fourth-order valence-corrected chi connectivity index (χ4v) is 7.86. The molecule has 0 aliphatic carbocycles. The zero-order chi connectivity index (χ0) is 27.3. The zero-order valence-electron chi connectivity index (χ0n) is 22.3. The molecule has 0 bridgehead atoms. The van der Waals surface area contributed by atoms with Gasteiger partial charge < -0.3 is 14.3 Å². The summed E-state index contributed by atoms with van der Waals surface area (Å²) in [6, 6.07) is 26.8. The van der Waals surface area contributed by atoms with Crippen LogP contribution in [0.3, 0.4) is 0 Å². The van der Waals surface area contributed by atoms with Gasteiger partial charge in [0.1, 0.15) is 0 Å². The van der Waals surface area contributed by atoms with Crippen molar-refractivity contribution in [1.82, 2.24) is 9.88 Å². The zero-order valence-corrected chi connectivity index (χ0v) is 25.0. The lowest BCUT2D eigenvalue weighted by atomic mass is 9.85. The van der Waals surface area contributed by atoms with Crippen molar-refractivity contribution in [2.75, 3.05) is 0 Å². The van der Waals surface area contributed by atoms with Gasteiger partial charge in [0.25, 0.3) is 0 Å². The molecule has 1 aromatic heterocycles. The number of aromatic nitrogens is 1. The average Bonchev–Trinajstić information content (AvgIpc) is 3.37. The second-order valence-electron chi connectivity index (χ2n) is 10.3. The maximum absolute atomic E-state index is 11.9. The minimum atomic E-state index is -1.97. The average molecular weight is 566 g/mol. The Morgan fingerprint density at radius 2 is 1.53 bits per heavy atom.